The Morgan fingerprint density at radius 1 is 0.900 bits per heavy atom. The molecule has 2 nitrogen and oxygen atoms in total. The maximum absolute atomic E-state index is 4.53. The largest absolute Gasteiger partial charge is 0.381 e. The Kier molecular flexibility index (Phi) is 5.60. The Bertz CT molecular complexity index is 1330. The first kappa shape index (κ1) is 20.5. The molecule has 151 valence electrons. The van der Waals surface area contributed by atoms with Crippen LogP contribution in [0.1, 0.15) is 18.1 Å². The van der Waals surface area contributed by atoms with Gasteiger partial charge in [-0.3, -0.25) is 0 Å². The van der Waals surface area contributed by atoms with E-state index in [1.54, 1.807) is 0 Å². The van der Waals surface area contributed by atoms with Crippen LogP contribution in [-0.2, 0) is 26.7 Å². The second kappa shape index (κ2) is 8.18. The Hall–Kier alpha value is -2.74. The molecule has 2 heterocycles. The molecule has 1 radical (unpaired) electrons. The summed E-state index contributed by atoms with van der Waals surface area (Å²) in [5.74, 6) is 0. The van der Waals surface area contributed by atoms with Crippen molar-refractivity contribution >= 4 is 21.8 Å². The average molecular weight is 568 g/mol. The predicted molar refractivity (Wildman–Crippen MR) is 122 cm³/mol. The predicted octanol–water partition coefficient (Wildman–Crippen LogP) is 6.96. The summed E-state index contributed by atoms with van der Waals surface area (Å²) in [6.45, 7) is 7.53. The van der Waals surface area contributed by atoms with Crippen molar-refractivity contribution < 1.29 is 20.1 Å². The molecule has 0 aliphatic carbocycles. The Balaban J connectivity index is 0.00000218. The molecule has 0 amide bonds. The molecule has 5 aromatic rings. The summed E-state index contributed by atoms with van der Waals surface area (Å²) in [6.07, 6.45) is 1.84. The van der Waals surface area contributed by atoms with E-state index in [2.05, 4.69) is 84.9 Å². The Morgan fingerprint density at radius 3 is 2.37 bits per heavy atom. The Labute approximate surface area is 190 Å². The van der Waals surface area contributed by atoms with Gasteiger partial charge in [0.2, 0.25) is 0 Å². The molecule has 0 fully saturated rings. The molecule has 3 aromatic carbocycles. The summed E-state index contributed by atoms with van der Waals surface area (Å²) in [4.78, 5) is 4.53. The summed E-state index contributed by atoms with van der Waals surface area (Å²) in [7, 11) is 0. The third kappa shape index (κ3) is 3.19. The van der Waals surface area contributed by atoms with Crippen molar-refractivity contribution in [3.8, 4) is 22.4 Å². The van der Waals surface area contributed by atoms with Crippen LogP contribution in [0.4, 0.5) is 0 Å². The van der Waals surface area contributed by atoms with Crippen LogP contribution < -0.4 is 0 Å². The average Bonchev–Trinajstić information content (AvgIpc) is 3.08. The summed E-state index contributed by atoms with van der Waals surface area (Å²) in [6, 6.07) is 27.1. The fourth-order valence-corrected chi connectivity index (χ4v) is 4.54. The van der Waals surface area contributed by atoms with Crippen LogP contribution in [0, 0.1) is 19.9 Å². The number of pyridine rings is 1. The van der Waals surface area contributed by atoms with Crippen molar-refractivity contribution in [1.82, 2.24) is 9.55 Å². The van der Waals surface area contributed by atoms with E-state index in [1.165, 1.54) is 44.1 Å². The van der Waals surface area contributed by atoms with E-state index in [0.717, 1.165) is 17.8 Å². The first-order valence-electron chi connectivity index (χ1n) is 10.1. The van der Waals surface area contributed by atoms with E-state index >= 15 is 0 Å². The fourth-order valence-electron chi connectivity index (χ4n) is 4.54. The van der Waals surface area contributed by atoms with Crippen LogP contribution in [0.15, 0.2) is 72.9 Å². The summed E-state index contributed by atoms with van der Waals surface area (Å²) >= 11 is 0. The summed E-state index contributed by atoms with van der Waals surface area (Å²) in [5.41, 5.74) is 9.73. The molecule has 0 atom stereocenters. The molecule has 0 N–H and O–H groups in total. The molecule has 0 aliphatic rings. The first-order valence-corrected chi connectivity index (χ1v) is 10.1. The minimum Gasteiger partial charge on any atom is -0.381 e. The van der Waals surface area contributed by atoms with Crippen molar-refractivity contribution in [2.24, 2.45) is 0 Å². The smallest absolute Gasteiger partial charge is 0.0397 e. The zero-order chi connectivity index (χ0) is 20.0. The van der Waals surface area contributed by atoms with Gasteiger partial charge < -0.3 is 9.55 Å². The third-order valence-electron chi connectivity index (χ3n) is 5.83. The molecule has 2 aromatic heterocycles. The molecule has 3 heteroatoms. The van der Waals surface area contributed by atoms with E-state index in [1.807, 2.05) is 24.4 Å². The molecule has 30 heavy (non-hydrogen) atoms. The Morgan fingerprint density at radius 2 is 1.67 bits per heavy atom. The molecule has 0 unspecified atom stereocenters. The maximum Gasteiger partial charge on any atom is 0.0397 e. The zero-order valence-corrected chi connectivity index (χ0v) is 19.8. The summed E-state index contributed by atoms with van der Waals surface area (Å²) < 4.78 is 2.39. The number of aryl methyl sites for hydroxylation is 3. The third-order valence-corrected chi connectivity index (χ3v) is 5.83. The van der Waals surface area contributed by atoms with Gasteiger partial charge in [-0.1, -0.05) is 47.9 Å². The van der Waals surface area contributed by atoms with Gasteiger partial charge in [0, 0.05) is 38.4 Å². The monoisotopic (exact) mass is 568 g/mol. The van der Waals surface area contributed by atoms with Crippen molar-refractivity contribution in [2.45, 2.75) is 27.3 Å². The van der Waals surface area contributed by atoms with Crippen molar-refractivity contribution in [3.63, 3.8) is 0 Å². The molecule has 0 saturated heterocycles. The minimum absolute atomic E-state index is 0. The van der Waals surface area contributed by atoms with Gasteiger partial charge in [0.15, 0.2) is 0 Å². The number of hydrogen-bond acceptors (Lipinski definition) is 1. The SMILES string of the molecule is CCn1c2c[c-]c(-c3ccccn3)cc2c2c(-c3c(C)cccc3C)cccc21.[Ir]. The van der Waals surface area contributed by atoms with Gasteiger partial charge >= 0.3 is 0 Å². The normalized spacial score (nSPS) is 11.0. The van der Waals surface area contributed by atoms with E-state index in [9.17, 15) is 0 Å². The first-order chi connectivity index (χ1) is 14.2. The van der Waals surface area contributed by atoms with Crippen LogP contribution in [-0.4, -0.2) is 9.55 Å². The van der Waals surface area contributed by atoms with Crippen LogP contribution in [0.5, 0.6) is 0 Å². The van der Waals surface area contributed by atoms with Gasteiger partial charge in [0.1, 0.15) is 0 Å². The van der Waals surface area contributed by atoms with Crippen molar-refractivity contribution in [2.75, 3.05) is 0 Å². The number of rotatable bonds is 3. The zero-order valence-electron chi connectivity index (χ0n) is 17.4. The number of nitrogens with zero attached hydrogens (tertiary/aromatic N) is 2. The molecule has 0 aliphatic heterocycles. The van der Waals surface area contributed by atoms with Gasteiger partial charge in [0.25, 0.3) is 0 Å². The number of benzene rings is 3. The standard InChI is InChI=1S/C27H23N2.Ir/c1-4-29-24-15-14-20(23-12-5-6-16-28-23)17-22(24)27-21(11-8-13-25(27)29)26-18(2)9-7-10-19(26)3;/h5-13,15-17H,4H2,1-3H3;/q-1;. The minimum atomic E-state index is 0. The van der Waals surface area contributed by atoms with Gasteiger partial charge in [-0.15, -0.1) is 23.8 Å². The van der Waals surface area contributed by atoms with Gasteiger partial charge in [0.05, 0.1) is 0 Å². The maximum atomic E-state index is 4.53. The van der Waals surface area contributed by atoms with E-state index < -0.39 is 0 Å². The number of fused-ring (bicyclic) bond motifs is 3. The fraction of sp³-hybridized carbons (Fsp3) is 0.148. The van der Waals surface area contributed by atoms with Gasteiger partial charge in [-0.05, 0) is 71.8 Å². The molecule has 0 saturated carbocycles. The van der Waals surface area contributed by atoms with Crippen molar-refractivity contribution in [1.29, 1.82) is 0 Å². The second-order valence-electron chi connectivity index (χ2n) is 7.57. The van der Waals surface area contributed by atoms with Gasteiger partial charge in [-0.2, -0.15) is 0 Å². The molecule has 5 rings (SSSR count). The molecule has 0 bridgehead atoms. The summed E-state index contributed by atoms with van der Waals surface area (Å²) in [5, 5.41) is 2.58. The molecule has 0 spiro atoms. The van der Waals surface area contributed by atoms with Crippen LogP contribution in [0.25, 0.3) is 44.2 Å². The van der Waals surface area contributed by atoms with Gasteiger partial charge in [-0.25, -0.2) is 0 Å². The molecular weight excluding hydrogens is 545 g/mol. The van der Waals surface area contributed by atoms with E-state index in [-0.39, 0.29) is 20.1 Å². The quantitative estimate of drug-likeness (QED) is 0.216. The van der Waals surface area contributed by atoms with Crippen LogP contribution >= 0.6 is 0 Å². The van der Waals surface area contributed by atoms with E-state index in [4.69, 9.17) is 0 Å². The number of hydrogen-bond donors (Lipinski definition) is 0. The second-order valence-corrected chi connectivity index (χ2v) is 7.57. The topological polar surface area (TPSA) is 17.8 Å². The molecular formula is C27H23IrN2-. The van der Waals surface area contributed by atoms with E-state index in [0.29, 0.717) is 0 Å². The van der Waals surface area contributed by atoms with Crippen LogP contribution in [0.3, 0.4) is 0 Å². The van der Waals surface area contributed by atoms with Crippen LogP contribution in [0.2, 0.25) is 0 Å². The van der Waals surface area contributed by atoms with Crippen molar-refractivity contribution in [3.05, 3.63) is 90.1 Å². The number of aromatic nitrogens is 2.